The van der Waals surface area contributed by atoms with E-state index in [1.54, 1.807) is 7.05 Å². The molecule has 4 rings (SSSR count). The molecule has 0 unspecified atom stereocenters. The number of hydrogen-bond acceptors (Lipinski definition) is 5. The van der Waals surface area contributed by atoms with E-state index >= 15 is 0 Å². The van der Waals surface area contributed by atoms with Crippen LogP contribution in [0.4, 0.5) is 0 Å². The normalized spacial score (nSPS) is 16.0. The monoisotopic (exact) mass is 538 g/mol. The van der Waals surface area contributed by atoms with Gasteiger partial charge in [0.25, 0.3) is 0 Å². The van der Waals surface area contributed by atoms with Gasteiger partial charge < -0.3 is 24.8 Å². The molecule has 2 N–H and O–H groups in total. The minimum atomic E-state index is 0. The molecule has 8 heteroatoms. The molecule has 0 aliphatic carbocycles. The first-order valence-electron chi connectivity index (χ1n) is 10.5. The second-order valence-corrected chi connectivity index (χ2v) is 7.50. The Labute approximate surface area is 201 Å². The Morgan fingerprint density at radius 2 is 1.65 bits per heavy atom. The topological polar surface area (TPSA) is 67.4 Å². The molecule has 0 aromatic heterocycles. The molecule has 168 valence electrons. The second kappa shape index (κ2) is 12.1. The quantitative estimate of drug-likeness (QED) is 0.321. The van der Waals surface area contributed by atoms with Crippen LogP contribution in [0.2, 0.25) is 0 Å². The Morgan fingerprint density at radius 3 is 2.42 bits per heavy atom. The lowest BCUT2D eigenvalue weighted by molar-refractivity contribution is 0.0342. The fraction of sp³-hybridized carbons (Fsp3) is 0.435. The van der Waals surface area contributed by atoms with Gasteiger partial charge in [0.15, 0.2) is 17.5 Å². The zero-order valence-corrected chi connectivity index (χ0v) is 20.3. The minimum Gasteiger partial charge on any atom is -0.454 e. The molecule has 1 fully saturated rings. The maximum atomic E-state index is 5.44. The fourth-order valence-electron chi connectivity index (χ4n) is 3.61. The van der Waals surface area contributed by atoms with Crippen LogP contribution in [0.1, 0.15) is 16.7 Å². The van der Waals surface area contributed by atoms with E-state index in [-0.39, 0.29) is 24.0 Å². The van der Waals surface area contributed by atoms with Crippen LogP contribution in [-0.4, -0.2) is 57.5 Å². The SMILES string of the molecule is CN=C(NCCc1ccc2c(c1)OCO2)NCc1ccc(CN2CCOCC2)cc1.I. The molecule has 7 nitrogen and oxygen atoms in total. The molecule has 2 aliphatic rings. The van der Waals surface area contributed by atoms with Gasteiger partial charge in [0, 0.05) is 39.8 Å². The largest absolute Gasteiger partial charge is 0.454 e. The number of ether oxygens (including phenoxy) is 3. The molecule has 31 heavy (non-hydrogen) atoms. The summed E-state index contributed by atoms with van der Waals surface area (Å²) in [6.45, 7) is 6.52. The number of aliphatic imine (C=N–C) groups is 1. The molecule has 0 bridgehead atoms. The first-order chi connectivity index (χ1) is 14.8. The average molecular weight is 538 g/mol. The van der Waals surface area contributed by atoms with Gasteiger partial charge in [0.2, 0.25) is 6.79 Å². The van der Waals surface area contributed by atoms with E-state index in [0.29, 0.717) is 6.79 Å². The summed E-state index contributed by atoms with van der Waals surface area (Å²) < 4.78 is 16.2. The van der Waals surface area contributed by atoms with Crippen molar-refractivity contribution in [2.75, 3.05) is 46.7 Å². The highest BCUT2D eigenvalue weighted by atomic mass is 127. The Hall–Kier alpha value is -2.04. The molecule has 1 saturated heterocycles. The van der Waals surface area contributed by atoms with Crippen LogP contribution in [0.3, 0.4) is 0 Å². The Kier molecular flexibility index (Phi) is 9.23. The molecule has 2 heterocycles. The fourth-order valence-corrected chi connectivity index (χ4v) is 3.61. The zero-order chi connectivity index (χ0) is 20.6. The number of guanidine groups is 1. The highest BCUT2D eigenvalue weighted by Crippen LogP contribution is 2.32. The summed E-state index contributed by atoms with van der Waals surface area (Å²) in [4.78, 5) is 6.75. The summed E-state index contributed by atoms with van der Waals surface area (Å²) in [7, 11) is 1.79. The van der Waals surface area contributed by atoms with Gasteiger partial charge >= 0.3 is 0 Å². The van der Waals surface area contributed by atoms with E-state index in [0.717, 1.165) is 69.8 Å². The molecule has 0 saturated carbocycles. The van der Waals surface area contributed by atoms with Gasteiger partial charge in [-0.1, -0.05) is 30.3 Å². The van der Waals surface area contributed by atoms with Crippen molar-refractivity contribution >= 4 is 29.9 Å². The average Bonchev–Trinajstić information content (AvgIpc) is 3.26. The van der Waals surface area contributed by atoms with Gasteiger partial charge in [-0.25, -0.2) is 0 Å². The van der Waals surface area contributed by atoms with Crippen LogP contribution in [0, 0.1) is 0 Å². The Bertz CT molecular complexity index is 854. The van der Waals surface area contributed by atoms with Crippen molar-refractivity contribution in [1.29, 1.82) is 0 Å². The predicted octanol–water partition coefficient (Wildman–Crippen LogP) is 2.77. The lowest BCUT2D eigenvalue weighted by Gasteiger charge is -2.26. The molecule has 0 spiro atoms. The van der Waals surface area contributed by atoms with E-state index in [2.05, 4.69) is 50.9 Å². The first-order valence-corrected chi connectivity index (χ1v) is 10.5. The van der Waals surface area contributed by atoms with Gasteiger partial charge in [-0.15, -0.1) is 24.0 Å². The van der Waals surface area contributed by atoms with E-state index in [1.165, 1.54) is 16.7 Å². The van der Waals surface area contributed by atoms with Crippen molar-refractivity contribution in [2.24, 2.45) is 4.99 Å². The molecule has 2 aromatic carbocycles. The Morgan fingerprint density at radius 1 is 0.935 bits per heavy atom. The molecule has 2 aromatic rings. The van der Waals surface area contributed by atoms with Gasteiger partial charge in [0.05, 0.1) is 13.2 Å². The lowest BCUT2D eigenvalue weighted by atomic mass is 10.1. The highest BCUT2D eigenvalue weighted by Gasteiger charge is 2.13. The number of morpholine rings is 1. The lowest BCUT2D eigenvalue weighted by Crippen LogP contribution is -2.37. The molecule has 0 amide bonds. The molecule has 0 radical (unpaired) electrons. The number of halogens is 1. The standard InChI is InChI=1S/C23H30N4O3.HI/c1-24-23(25-9-8-18-6-7-21-22(14-18)30-17-29-21)26-15-19-2-4-20(5-3-19)16-27-10-12-28-13-11-27;/h2-7,14H,8-13,15-17H2,1H3,(H2,24,25,26);1H. The number of benzene rings is 2. The summed E-state index contributed by atoms with van der Waals surface area (Å²) in [6, 6.07) is 14.9. The summed E-state index contributed by atoms with van der Waals surface area (Å²) in [5.74, 6) is 2.44. The van der Waals surface area contributed by atoms with Crippen LogP contribution in [-0.2, 0) is 24.2 Å². The van der Waals surface area contributed by atoms with Crippen LogP contribution < -0.4 is 20.1 Å². The number of nitrogens with one attached hydrogen (secondary N) is 2. The van der Waals surface area contributed by atoms with Crippen molar-refractivity contribution < 1.29 is 14.2 Å². The maximum absolute atomic E-state index is 5.44. The third-order valence-electron chi connectivity index (χ3n) is 5.36. The Balaban J connectivity index is 0.00000272. The van der Waals surface area contributed by atoms with E-state index in [9.17, 15) is 0 Å². The third-order valence-corrected chi connectivity index (χ3v) is 5.36. The van der Waals surface area contributed by atoms with Gasteiger partial charge in [0.1, 0.15) is 0 Å². The number of fused-ring (bicyclic) bond motifs is 1. The summed E-state index contributed by atoms with van der Waals surface area (Å²) in [6.07, 6.45) is 0.883. The molecule has 0 atom stereocenters. The number of rotatable bonds is 7. The van der Waals surface area contributed by atoms with Gasteiger partial charge in [-0.05, 0) is 35.2 Å². The zero-order valence-electron chi connectivity index (χ0n) is 17.9. The summed E-state index contributed by atoms with van der Waals surface area (Å²) in [5.41, 5.74) is 3.78. The van der Waals surface area contributed by atoms with Gasteiger partial charge in [-0.2, -0.15) is 0 Å². The smallest absolute Gasteiger partial charge is 0.231 e. The van der Waals surface area contributed by atoms with Crippen LogP contribution in [0.15, 0.2) is 47.5 Å². The predicted molar refractivity (Wildman–Crippen MR) is 132 cm³/mol. The molecular formula is C23H31IN4O3. The summed E-state index contributed by atoms with van der Waals surface area (Å²) >= 11 is 0. The third kappa shape index (κ3) is 6.98. The van der Waals surface area contributed by atoms with Crippen LogP contribution in [0.5, 0.6) is 11.5 Å². The first kappa shape index (κ1) is 23.6. The summed E-state index contributed by atoms with van der Waals surface area (Å²) in [5, 5.41) is 6.75. The van der Waals surface area contributed by atoms with E-state index in [1.807, 2.05) is 12.1 Å². The van der Waals surface area contributed by atoms with Crippen molar-refractivity contribution in [1.82, 2.24) is 15.5 Å². The molecule has 2 aliphatic heterocycles. The second-order valence-electron chi connectivity index (χ2n) is 7.50. The van der Waals surface area contributed by atoms with Crippen molar-refractivity contribution in [3.8, 4) is 11.5 Å². The maximum Gasteiger partial charge on any atom is 0.231 e. The number of hydrogen-bond donors (Lipinski definition) is 2. The van der Waals surface area contributed by atoms with Crippen LogP contribution in [0.25, 0.3) is 0 Å². The van der Waals surface area contributed by atoms with Gasteiger partial charge in [-0.3, -0.25) is 9.89 Å². The molecular weight excluding hydrogens is 507 g/mol. The minimum absolute atomic E-state index is 0. The van der Waals surface area contributed by atoms with E-state index in [4.69, 9.17) is 14.2 Å². The highest BCUT2D eigenvalue weighted by molar-refractivity contribution is 14.0. The number of nitrogens with zero attached hydrogens (tertiary/aromatic N) is 2. The van der Waals surface area contributed by atoms with Crippen molar-refractivity contribution in [2.45, 2.75) is 19.5 Å². The van der Waals surface area contributed by atoms with E-state index < -0.39 is 0 Å². The van der Waals surface area contributed by atoms with Crippen molar-refractivity contribution in [3.05, 3.63) is 59.2 Å². The van der Waals surface area contributed by atoms with Crippen molar-refractivity contribution in [3.63, 3.8) is 0 Å². The van der Waals surface area contributed by atoms with Crippen LogP contribution >= 0.6 is 24.0 Å².